The molecule has 5 heteroatoms. The zero-order valence-electron chi connectivity index (χ0n) is 13.2. The minimum absolute atomic E-state index is 0.718. The molecule has 2 nitrogen and oxygen atoms in total. The van der Waals surface area contributed by atoms with Crippen LogP contribution in [-0.2, 0) is 13.1 Å². The summed E-state index contributed by atoms with van der Waals surface area (Å²) in [5.41, 5.74) is 2.73. The number of fused-ring (bicyclic) bond motifs is 2. The van der Waals surface area contributed by atoms with E-state index in [0.29, 0.717) is 0 Å². The number of benzene rings is 2. The molecular weight excluding hydrogens is 339 g/mol. The highest BCUT2D eigenvalue weighted by molar-refractivity contribution is 7.68. The Balaban J connectivity index is 1.85. The van der Waals surface area contributed by atoms with Gasteiger partial charge in [0.25, 0.3) is 9.50 Å². The second-order valence-corrected chi connectivity index (χ2v) is 9.35. The van der Waals surface area contributed by atoms with E-state index < -0.39 is 0 Å². The van der Waals surface area contributed by atoms with Gasteiger partial charge in [0.05, 0.1) is 0 Å². The summed E-state index contributed by atoms with van der Waals surface area (Å²) in [5.74, 6) is 0. The first kappa shape index (κ1) is 15.2. The summed E-state index contributed by atoms with van der Waals surface area (Å²) in [5, 5.41) is 0. The minimum atomic E-state index is 0.718. The van der Waals surface area contributed by atoms with Gasteiger partial charge in [-0.1, -0.05) is 46.9 Å². The summed E-state index contributed by atoms with van der Waals surface area (Å²) in [6.07, 6.45) is 0. The Kier molecular flexibility index (Phi) is 4.14. The Labute approximate surface area is 145 Å². The number of para-hydroxylation sites is 2. The van der Waals surface area contributed by atoms with Crippen LogP contribution in [-0.4, -0.2) is 0 Å². The lowest BCUT2D eigenvalue weighted by Crippen LogP contribution is -2.48. The maximum Gasteiger partial charge on any atom is 0.267 e. The quantitative estimate of drug-likeness (QED) is 0.390. The van der Waals surface area contributed by atoms with Crippen LogP contribution in [0.4, 0.5) is 0 Å². The standard InChI is InChI=1S/C18H19N2PS2/c1-3-19-13-9-5-7-11-15(13)22-17(19)21-18-20(4-2)14-10-6-8-12-16(14)23-18/h5-12,21H,3-4H2,1-2H3/q+2. The summed E-state index contributed by atoms with van der Waals surface area (Å²) in [6.45, 7) is 6.55. The summed E-state index contributed by atoms with van der Waals surface area (Å²) in [6, 6.07) is 17.5. The van der Waals surface area contributed by atoms with Crippen LogP contribution >= 0.6 is 31.3 Å². The van der Waals surface area contributed by atoms with Crippen molar-refractivity contribution in [1.29, 1.82) is 0 Å². The molecule has 0 atom stereocenters. The number of hydrogen-bond acceptors (Lipinski definition) is 2. The first-order chi connectivity index (χ1) is 11.3. The molecule has 0 radical (unpaired) electrons. The van der Waals surface area contributed by atoms with Gasteiger partial charge in [0.2, 0.25) is 11.0 Å². The third-order valence-electron chi connectivity index (χ3n) is 4.06. The van der Waals surface area contributed by atoms with Crippen LogP contribution in [0.25, 0.3) is 20.4 Å². The number of nitrogens with zero attached hydrogens (tertiary/aromatic N) is 2. The molecule has 0 saturated heterocycles. The predicted molar refractivity (Wildman–Crippen MR) is 103 cm³/mol. The fourth-order valence-corrected chi connectivity index (χ4v) is 7.78. The zero-order valence-corrected chi connectivity index (χ0v) is 15.9. The maximum atomic E-state index is 2.48. The molecule has 0 amide bonds. The fourth-order valence-electron chi connectivity index (χ4n) is 2.98. The molecule has 0 saturated carbocycles. The highest BCUT2D eigenvalue weighted by Gasteiger charge is 2.26. The van der Waals surface area contributed by atoms with E-state index in [0.717, 1.165) is 21.7 Å². The van der Waals surface area contributed by atoms with Crippen molar-refractivity contribution in [3.63, 3.8) is 0 Å². The van der Waals surface area contributed by atoms with Crippen LogP contribution in [0.3, 0.4) is 0 Å². The molecule has 2 heterocycles. The van der Waals surface area contributed by atoms with Gasteiger partial charge < -0.3 is 0 Å². The second kappa shape index (κ2) is 6.27. The first-order valence-corrected chi connectivity index (χ1v) is 10.5. The Morgan fingerprint density at radius 1 is 0.739 bits per heavy atom. The van der Waals surface area contributed by atoms with Crippen LogP contribution in [0.15, 0.2) is 48.5 Å². The van der Waals surface area contributed by atoms with E-state index in [1.165, 1.54) is 29.9 Å². The van der Waals surface area contributed by atoms with Gasteiger partial charge in [0, 0.05) is 12.1 Å². The first-order valence-electron chi connectivity index (χ1n) is 7.91. The van der Waals surface area contributed by atoms with E-state index in [-0.39, 0.29) is 0 Å². The molecule has 0 aliphatic heterocycles. The molecule has 2 aromatic heterocycles. The molecule has 0 aliphatic carbocycles. The van der Waals surface area contributed by atoms with E-state index >= 15 is 0 Å². The molecule has 4 aromatic rings. The zero-order chi connectivity index (χ0) is 15.8. The molecule has 2 aromatic carbocycles. The molecule has 0 aliphatic rings. The summed E-state index contributed by atoms with van der Waals surface area (Å²) in [7, 11) is 0.718. The molecule has 4 rings (SSSR count). The number of hydrogen-bond donors (Lipinski definition) is 0. The van der Waals surface area contributed by atoms with Gasteiger partial charge in [-0.25, -0.2) is 0 Å². The normalized spacial score (nSPS) is 11.6. The third-order valence-corrected chi connectivity index (χ3v) is 8.21. The Morgan fingerprint density at radius 3 is 1.61 bits per heavy atom. The second-order valence-electron chi connectivity index (χ2n) is 5.36. The van der Waals surface area contributed by atoms with Crippen molar-refractivity contribution >= 4 is 61.2 Å². The molecule has 0 unspecified atom stereocenters. The molecule has 0 bridgehead atoms. The summed E-state index contributed by atoms with van der Waals surface area (Å²) in [4.78, 5) is 0. The predicted octanol–water partition coefficient (Wildman–Crippen LogP) is 3.36. The molecule has 23 heavy (non-hydrogen) atoms. The SMILES string of the molecule is CC[n+]1c(Pc2sc3ccccc3[n+]2CC)sc2ccccc21. The van der Waals surface area contributed by atoms with Crippen LogP contribution in [0.1, 0.15) is 13.8 Å². The molecule has 0 spiro atoms. The number of thiazole rings is 2. The van der Waals surface area contributed by atoms with Gasteiger partial charge in [-0.3, -0.25) is 0 Å². The highest BCUT2D eigenvalue weighted by Crippen LogP contribution is 2.24. The Morgan fingerprint density at radius 2 is 1.17 bits per heavy atom. The van der Waals surface area contributed by atoms with Crippen LogP contribution in [0, 0.1) is 0 Å². The number of aryl methyl sites for hydroxylation is 2. The van der Waals surface area contributed by atoms with Crippen molar-refractivity contribution < 1.29 is 9.13 Å². The van der Waals surface area contributed by atoms with Gasteiger partial charge in [-0.05, 0) is 26.0 Å². The minimum Gasteiger partial charge on any atom is -0.182 e. The van der Waals surface area contributed by atoms with Crippen molar-refractivity contribution in [3.8, 4) is 0 Å². The van der Waals surface area contributed by atoms with Crippen molar-refractivity contribution in [2.45, 2.75) is 26.9 Å². The average molecular weight is 358 g/mol. The lowest BCUT2D eigenvalue weighted by Gasteiger charge is -1.95. The maximum absolute atomic E-state index is 2.48. The third kappa shape index (κ3) is 2.59. The van der Waals surface area contributed by atoms with Crippen LogP contribution < -0.4 is 18.6 Å². The smallest absolute Gasteiger partial charge is 0.182 e. The van der Waals surface area contributed by atoms with E-state index in [2.05, 4.69) is 71.5 Å². The summed E-state index contributed by atoms with van der Waals surface area (Å²) >= 11 is 3.88. The Bertz CT molecular complexity index is 907. The monoisotopic (exact) mass is 358 g/mol. The molecule has 0 N–H and O–H groups in total. The summed E-state index contributed by atoms with van der Waals surface area (Å²) < 4.78 is 10.7. The van der Waals surface area contributed by atoms with E-state index in [1.807, 2.05) is 22.7 Å². The van der Waals surface area contributed by atoms with Crippen molar-refractivity contribution in [2.75, 3.05) is 0 Å². The van der Waals surface area contributed by atoms with E-state index in [9.17, 15) is 0 Å². The van der Waals surface area contributed by atoms with Gasteiger partial charge in [-0.2, -0.15) is 9.13 Å². The van der Waals surface area contributed by atoms with Crippen molar-refractivity contribution in [3.05, 3.63) is 48.5 Å². The van der Waals surface area contributed by atoms with Crippen LogP contribution in [0.5, 0.6) is 0 Å². The van der Waals surface area contributed by atoms with E-state index in [4.69, 9.17) is 0 Å². The lowest BCUT2D eigenvalue weighted by atomic mass is 10.3. The van der Waals surface area contributed by atoms with E-state index in [1.54, 1.807) is 0 Å². The average Bonchev–Trinajstić information content (AvgIpc) is 3.11. The van der Waals surface area contributed by atoms with Gasteiger partial charge in [0.1, 0.15) is 31.1 Å². The Hall–Kier alpha value is -1.35. The van der Waals surface area contributed by atoms with Crippen LogP contribution in [0.2, 0.25) is 0 Å². The molecule has 0 fully saturated rings. The van der Waals surface area contributed by atoms with Crippen molar-refractivity contribution in [1.82, 2.24) is 0 Å². The van der Waals surface area contributed by atoms with Gasteiger partial charge >= 0.3 is 0 Å². The molecule has 116 valence electrons. The fraction of sp³-hybridized carbons (Fsp3) is 0.222. The van der Waals surface area contributed by atoms with Gasteiger partial charge in [0.15, 0.2) is 0 Å². The van der Waals surface area contributed by atoms with Gasteiger partial charge in [-0.15, -0.1) is 0 Å². The number of aromatic nitrogens is 2. The molecular formula is C18H19N2PS2+2. The lowest BCUT2D eigenvalue weighted by molar-refractivity contribution is -0.649. The van der Waals surface area contributed by atoms with Crippen molar-refractivity contribution in [2.24, 2.45) is 0 Å². The largest absolute Gasteiger partial charge is 0.267 e. The number of rotatable bonds is 4. The topological polar surface area (TPSA) is 7.76 Å². The highest BCUT2D eigenvalue weighted by atomic mass is 32.1.